The van der Waals surface area contributed by atoms with Gasteiger partial charge in [0.05, 0.1) is 27.6 Å². The van der Waals surface area contributed by atoms with Gasteiger partial charge in [-0.2, -0.15) is 0 Å². The molecule has 1 N–H and O–H groups in total. The number of nitro groups is 1. The number of anilines is 1. The predicted molar refractivity (Wildman–Crippen MR) is 88.9 cm³/mol. The third kappa shape index (κ3) is 3.01. The van der Waals surface area contributed by atoms with Crippen molar-refractivity contribution in [1.29, 1.82) is 0 Å². The third-order valence-electron chi connectivity index (χ3n) is 3.49. The summed E-state index contributed by atoms with van der Waals surface area (Å²) in [5.41, 5.74) is 3.08. The average Bonchev–Trinajstić information content (AvgIpc) is 2.65. The molecule has 6 heteroatoms. The summed E-state index contributed by atoms with van der Waals surface area (Å²) in [6.45, 7) is 1.76. The first kappa shape index (κ1) is 14.6. The molecule has 6 nitrogen and oxygen atoms in total. The van der Waals surface area contributed by atoms with E-state index in [1.165, 1.54) is 12.1 Å². The Kier molecular flexibility index (Phi) is 3.72. The van der Waals surface area contributed by atoms with E-state index in [2.05, 4.69) is 10.3 Å². The molecule has 0 saturated heterocycles. The lowest BCUT2D eigenvalue weighted by molar-refractivity contribution is -0.384. The smallest absolute Gasteiger partial charge is 0.269 e. The van der Waals surface area contributed by atoms with E-state index in [0.717, 1.165) is 0 Å². The van der Waals surface area contributed by atoms with E-state index >= 15 is 0 Å². The highest BCUT2D eigenvalue weighted by atomic mass is 16.6. The number of carbonyl (C=O) groups is 1. The molecule has 1 aliphatic heterocycles. The highest BCUT2D eigenvalue weighted by Gasteiger charge is 2.18. The molecule has 0 bridgehead atoms. The first-order valence-corrected chi connectivity index (χ1v) is 6.97. The van der Waals surface area contributed by atoms with Crippen molar-refractivity contribution in [3.63, 3.8) is 0 Å². The Bertz CT molecular complexity index is 852. The standard InChI is InChI=1S/C17H13N3O3/c1-11-14(10-12-6-8-13(9-7-12)20(22)23)17(21)19-16-5-3-2-4-15(16)18-11/h2-10H,1H3,(H,19,21)/b14-10+. The van der Waals surface area contributed by atoms with Crippen LogP contribution in [0.1, 0.15) is 12.5 Å². The molecule has 0 aliphatic carbocycles. The Hall–Kier alpha value is -3.28. The van der Waals surface area contributed by atoms with Crippen LogP contribution in [0.3, 0.4) is 0 Å². The molecule has 0 spiro atoms. The Balaban J connectivity index is 1.99. The second kappa shape index (κ2) is 5.84. The molecule has 2 aromatic carbocycles. The van der Waals surface area contributed by atoms with Gasteiger partial charge < -0.3 is 5.32 Å². The zero-order valence-corrected chi connectivity index (χ0v) is 12.3. The van der Waals surface area contributed by atoms with E-state index in [-0.39, 0.29) is 11.6 Å². The molecule has 0 unspecified atom stereocenters. The van der Waals surface area contributed by atoms with Crippen LogP contribution in [0.5, 0.6) is 0 Å². The van der Waals surface area contributed by atoms with Crippen LogP contribution in [0.15, 0.2) is 59.1 Å². The van der Waals surface area contributed by atoms with E-state index in [4.69, 9.17) is 0 Å². The van der Waals surface area contributed by atoms with Crippen molar-refractivity contribution in [3.05, 3.63) is 69.8 Å². The number of amides is 1. The zero-order valence-electron chi connectivity index (χ0n) is 12.3. The van der Waals surface area contributed by atoms with Crippen molar-refractivity contribution < 1.29 is 9.72 Å². The van der Waals surface area contributed by atoms with Gasteiger partial charge in [0.15, 0.2) is 0 Å². The maximum atomic E-state index is 12.4. The lowest BCUT2D eigenvalue weighted by atomic mass is 10.1. The number of nitrogens with zero attached hydrogens (tertiary/aromatic N) is 2. The van der Waals surface area contributed by atoms with Crippen LogP contribution in [0.4, 0.5) is 17.1 Å². The summed E-state index contributed by atoms with van der Waals surface area (Å²) in [5, 5.41) is 13.5. The van der Waals surface area contributed by atoms with E-state index in [9.17, 15) is 14.9 Å². The summed E-state index contributed by atoms with van der Waals surface area (Å²) in [5.74, 6) is -0.255. The third-order valence-corrected chi connectivity index (χ3v) is 3.49. The number of hydrogen-bond acceptors (Lipinski definition) is 4. The number of para-hydroxylation sites is 2. The van der Waals surface area contributed by atoms with Gasteiger partial charge in [-0.25, -0.2) is 0 Å². The summed E-state index contributed by atoms with van der Waals surface area (Å²) in [7, 11) is 0. The molecule has 0 aromatic heterocycles. The molecular weight excluding hydrogens is 294 g/mol. The number of fused-ring (bicyclic) bond motifs is 1. The molecule has 0 saturated carbocycles. The fraction of sp³-hybridized carbons (Fsp3) is 0.0588. The molecule has 2 aromatic rings. The SMILES string of the molecule is CC1=Nc2ccccc2NC(=O)/C1=C/c1ccc([N+](=O)[O-])cc1. The van der Waals surface area contributed by atoms with Crippen LogP contribution in [0.2, 0.25) is 0 Å². The average molecular weight is 307 g/mol. The van der Waals surface area contributed by atoms with Gasteiger partial charge in [-0.05, 0) is 42.8 Å². The summed E-state index contributed by atoms with van der Waals surface area (Å²) in [6, 6.07) is 13.3. The number of aliphatic imine (C=N–C) groups is 1. The van der Waals surface area contributed by atoms with Gasteiger partial charge in [0, 0.05) is 12.1 Å². The largest absolute Gasteiger partial charge is 0.320 e. The van der Waals surface area contributed by atoms with Gasteiger partial charge in [-0.15, -0.1) is 0 Å². The van der Waals surface area contributed by atoms with Crippen molar-refractivity contribution in [2.24, 2.45) is 4.99 Å². The Morgan fingerprint density at radius 2 is 1.83 bits per heavy atom. The number of carbonyl (C=O) groups excluding carboxylic acids is 1. The van der Waals surface area contributed by atoms with Crippen LogP contribution in [0, 0.1) is 10.1 Å². The number of non-ortho nitro benzene ring substituents is 1. The molecule has 23 heavy (non-hydrogen) atoms. The summed E-state index contributed by atoms with van der Waals surface area (Å²) < 4.78 is 0. The number of hydrogen-bond donors (Lipinski definition) is 1. The topological polar surface area (TPSA) is 84.6 Å². The minimum Gasteiger partial charge on any atom is -0.320 e. The van der Waals surface area contributed by atoms with Gasteiger partial charge in [-0.3, -0.25) is 19.9 Å². The summed E-state index contributed by atoms with van der Waals surface area (Å²) in [6.07, 6.45) is 1.67. The quantitative estimate of drug-likeness (QED) is 0.521. The molecule has 1 aliphatic rings. The van der Waals surface area contributed by atoms with Crippen LogP contribution < -0.4 is 5.32 Å². The molecule has 1 heterocycles. The minimum absolute atomic E-state index is 0.00950. The monoisotopic (exact) mass is 307 g/mol. The number of nitro benzene ring substituents is 1. The van der Waals surface area contributed by atoms with Gasteiger partial charge >= 0.3 is 0 Å². The Morgan fingerprint density at radius 1 is 1.13 bits per heavy atom. The molecule has 3 rings (SSSR count). The number of nitrogens with one attached hydrogen (secondary N) is 1. The highest BCUT2D eigenvalue weighted by molar-refractivity contribution is 6.29. The lowest BCUT2D eigenvalue weighted by Gasteiger charge is -2.05. The maximum Gasteiger partial charge on any atom is 0.269 e. The van der Waals surface area contributed by atoms with E-state index in [1.807, 2.05) is 18.2 Å². The second-order valence-corrected chi connectivity index (χ2v) is 5.08. The van der Waals surface area contributed by atoms with Crippen molar-refractivity contribution in [2.45, 2.75) is 6.92 Å². The number of rotatable bonds is 2. The molecule has 1 amide bonds. The van der Waals surface area contributed by atoms with Crippen molar-refractivity contribution in [2.75, 3.05) is 5.32 Å². The fourth-order valence-corrected chi connectivity index (χ4v) is 2.30. The molecule has 0 fully saturated rings. The molecule has 0 radical (unpaired) electrons. The summed E-state index contributed by atoms with van der Waals surface area (Å²) >= 11 is 0. The molecule has 0 atom stereocenters. The minimum atomic E-state index is -0.460. The lowest BCUT2D eigenvalue weighted by Crippen LogP contribution is -2.17. The van der Waals surface area contributed by atoms with Crippen LogP contribution >= 0.6 is 0 Å². The summed E-state index contributed by atoms with van der Waals surface area (Å²) in [4.78, 5) is 27.1. The van der Waals surface area contributed by atoms with Crippen molar-refractivity contribution in [3.8, 4) is 0 Å². The Labute approximate surface area is 132 Å². The van der Waals surface area contributed by atoms with E-state index in [0.29, 0.717) is 28.2 Å². The molecular formula is C17H13N3O3. The van der Waals surface area contributed by atoms with E-state index < -0.39 is 4.92 Å². The zero-order chi connectivity index (χ0) is 16.4. The predicted octanol–water partition coefficient (Wildman–Crippen LogP) is 3.72. The first-order chi connectivity index (χ1) is 11.0. The van der Waals surface area contributed by atoms with E-state index in [1.54, 1.807) is 31.2 Å². The van der Waals surface area contributed by atoms with Crippen molar-refractivity contribution >= 4 is 34.8 Å². The maximum absolute atomic E-state index is 12.4. The molecule has 114 valence electrons. The van der Waals surface area contributed by atoms with Crippen molar-refractivity contribution in [1.82, 2.24) is 0 Å². The van der Waals surface area contributed by atoms with Gasteiger partial charge in [0.25, 0.3) is 11.6 Å². The van der Waals surface area contributed by atoms with Gasteiger partial charge in [0.1, 0.15) is 0 Å². The van der Waals surface area contributed by atoms with Gasteiger partial charge in [0.2, 0.25) is 0 Å². The highest BCUT2D eigenvalue weighted by Crippen LogP contribution is 2.29. The normalized spacial score (nSPS) is 15.4. The Morgan fingerprint density at radius 3 is 2.52 bits per heavy atom. The van der Waals surface area contributed by atoms with Crippen LogP contribution in [-0.4, -0.2) is 16.5 Å². The van der Waals surface area contributed by atoms with Crippen LogP contribution in [-0.2, 0) is 4.79 Å². The van der Waals surface area contributed by atoms with Gasteiger partial charge in [-0.1, -0.05) is 12.1 Å². The van der Waals surface area contributed by atoms with Crippen LogP contribution in [0.25, 0.3) is 6.08 Å². The fourth-order valence-electron chi connectivity index (χ4n) is 2.30. The number of benzene rings is 2. The first-order valence-electron chi connectivity index (χ1n) is 6.97. The second-order valence-electron chi connectivity index (χ2n) is 5.08.